The van der Waals surface area contributed by atoms with Crippen LogP contribution >= 0.6 is 0 Å². The van der Waals surface area contributed by atoms with Gasteiger partial charge in [-0.15, -0.1) is 0 Å². The largest absolute Gasteiger partial charge is 0.393 e. The first-order chi connectivity index (χ1) is 7.79. The Morgan fingerprint density at radius 2 is 1.59 bits per heavy atom. The third-order valence-corrected chi connectivity index (χ3v) is 4.94. The molecule has 1 saturated carbocycles. The predicted molar refractivity (Wildman–Crippen MR) is 75.1 cm³/mol. The Balaban J connectivity index is 2.58. The van der Waals surface area contributed by atoms with Crippen LogP contribution in [0.2, 0.25) is 0 Å². The summed E-state index contributed by atoms with van der Waals surface area (Å²) in [5.41, 5.74) is 0.904. The van der Waals surface area contributed by atoms with Gasteiger partial charge in [0.25, 0.3) is 0 Å². The fourth-order valence-corrected chi connectivity index (χ4v) is 4.02. The first-order valence-electron chi connectivity index (χ1n) is 7.47. The molecule has 0 heterocycles. The van der Waals surface area contributed by atoms with E-state index < -0.39 is 0 Å². The molecule has 1 atom stereocenters. The van der Waals surface area contributed by atoms with E-state index in [1.807, 2.05) is 0 Å². The van der Waals surface area contributed by atoms with Crippen molar-refractivity contribution in [3.05, 3.63) is 0 Å². The highest BCUT2D eigenvalue weighted by Gasteiger charge is 2.43. The molecule has 1 rings (SSSR count). The van der Waals surface area contributed by atoms with Gasteiger partial charge < -0.3 is 5.11 Å². The van der Waals surface area contributed by atoms with Gasteiger partial charge in [0.15, 0.2) is 0 Å². The minimum Gasteiger partial charge on any atom is -0.393 e. The maximum Gasteiger partial charge on any atom is 0.0540 e. The molecule has 1 aliphatic carbocycles. The summed E-state index contributed by atoms with van der Waals surface area (Å²) < 4.78 is 0. The normalized spacial score (nSPS) is 25.8. The molecule has 17 heavy (non-hydrogen) atoms. The SMILES string of the molecule is CCC[C@H](O)CCC1C(C)(C)CCCC1(C)C. The zero-order chi connectivity index (χ0) is 13.1. The summed E-state index contributed by atoms with van der Waals surface area (Å²) in [5.74, 6) is 0.759. The summed E-state index contributed by atoms with van der Waals surface area (Å²) in [6, 6.07) is 0. The lowest BCUT2D eigenvalue weighted by Gasteiger charge is -2.49. The summed E-state index contributed by atoms with van der Waals surface area (Å²) >= 11 is 0. The Morgan fingerprint density at radius 3 is 2.06 bits per heavy atom. The van der Waals surface area contributed by atoms with Gasteiger partial charge in [0, 0.05) is 0 Å². The van der Waals surface area contributed by atoms with Gasteiger partial charge in [0.05, 0.1) is 6.10 Å². The maximum absolute atomic E-state index is 9.92. The van der Waals surface area contributed by atoms with E-state index in [0.717, 1.165) is 25.2 Å². The Labute approximate surface area is 108 Å². The molecule has 1 N–H and O–H groups in total. The van der Waals surface area contributed by atoms with E-state index >= 15 is 0 Å². The van der Waals surface area contributed by atoms with Crippen LogP contribution in [0.15, 0.2) is 0 Å². The van der Waals surface area contributed by atoms with E-state index in [4.69, 9.17) is 0 Å². The number of aliphatic hydroxyl groups excluding tert-OH is 1. The number of rotatable bonds is 5. The van der Waals surface area contributed by atoms with Gasteiger partial charge in [0.2, 0.25) is 0 Å². The molecule has 1 fully saturated rings. The minimum absolute atomic E-state index is 0.0754. The van der Waals surface area contributed by atoms with E-state index in [-0.39, 0.29) is 6.10 Å². The van der Waals surface area contributed by atoms with Gasteiger partial charge >= 0.3 is 0 Å². The fourth-order valence-electron chi connectivity index (χ4n) is 4.02. The molecule has 0 aliphatic heterocycles. The van der Waals surface area contributed by atoms with Gasteiger partial charge in [-0.1, -0.05) is 47.5 Å². The van der Waals surface area contributed by atoms with E-state index in [1.54, 1.807) is 0 Å². The second kappa shape index (κ2) is 5.73. The van der Waals surface area contributed by atoms with Crippen molar-refractivity contribution in [1.29, 1.82) is 0 Å². The van der Waals surface area contributed by atoms with Crippen LogP contribution in [-0.2, 0) is 0 Å². The third kappa shape index (κ3) is 3.98. The molecule has 0 aromatic rings. The number of aliphatic hydroxyl groups is 1. The predicted octanol–water partition coefficient (Wildman–Crippen LogP) is 4.78. The molecule has 0 radical (unpaired) electrons. The lowest BCUT2D eigenvalue weighted by molar-refractivity contribution is -0.00193. The van der Waals surface area contributed by atoms with Crippen molar-refractivity contribution >= 4 is 0 Å². The Morgan fingerprint density at radius 1 is 1.06 bits per heavy atom. The zero-order valence-electron chi connectivity index (χ0n) is 12.6. The minimum atomic E-state index is -0.0754. The van der Waals surface area contributed by atoms with Crippen LogP contribution < -0.4 is 0 Å². The van der Waals surface area contributed by atoms with E-state index in [0.29, 0.717) is 10.8 Å². The van der Waals surface area contributed by atoms with E-state index in [2.05, 4.69) is 34.6 Å². The number of hydrogen-bond acceptors (Lipinski definition) is 1. The second-order valence-electron chi connectivity index (χ2n) is 7.40. The molecule has 0 spiro atoms. The van der Waals surface area contributed by atoms with Gasteiger partial charge in [0.1, 0.15) is 0 Å². The van der Waals surface area contributed by atoms with Gasteiger partial charge in [-0.25, -0.2) is 0 Å². The summed E-state index contributed by atoms with van der Waals surface area (Å²) in [4.78, 5) is 0. The molecule has 0 saturated heterocycles. The van der Waals surface area contributed by atoms with Crippen LogP contribution in [-0.4, -0.2) is 11.2 Å². The van der Waals surface area contributed by atoms with Crippen LogP contribution in [0.1, 0.15) is 79.6 Å². The molecule has 102 valence electrons. The van der Waals surface area contributed by atoms with Crippen molar-refractivity contribution in [1.82, 2.24) is 0 Å². The van der Waals surface area contributed by atoms with Crippen molar-refractivity contribution in [3.8, 4) is 0 Å². The molecule has 0 aromatic heterocycles. The van der Waals surface area contributed by atoms with Crippen molar-refractivity contribution in [3.63, 3.8) is 0 Å². The van der Waals surface area contributed by atoms with Crippen LogP contribution in [0.5, 0.6) is 0 Å². The van der Waals surface area contributed by atoms with Crippen LogP contribution in [0.4, 0.5) is 0 Å². The highest BCUT2D eigenvalue weighted by molar-refractivity contribution is 4.93. The third-order valence-electron chi connectivity index (χ3n) is 4.94. The topological polar surface area (TPSA) is 20.2 Å². The first-order valence-corrected chi connectivity index (χ1v) is 7.47. The van der Waals surface area contributed by atoms with Crippen molar-refractivity contribution in [2.45, 2.75) is 85.7 Å². The van der Waals surface area contributed by atoms with Gasteiger partial charge in [-0.2, -0.15) is 0 Å². The average molecular weight is 240 g/mol. The van der Waals surface area contributed by atoms with Gasteiger partial charge in [-0.05, 0) is 48.9 Å². The summed E-state index contributed by atoms with van der Waals surface area (Å²) in [5, 5.41) is 9.92. The highest BCUT2D eigenvalue weighted by Crippen LogP contribution is 2.52. The molecule has 0 amide bonds. The van der Waals surface area contributed by atoms with E-state index in [1.165, 1.54) is 25.7 Å². The fraction of sp³-hybridized carbons (Fsp3) is 1.00. The van der Waals surface area contributed by atoms with Crippen molar-refractivity contribution in [2.24, 2.45) is 16.7 Å². The highest BCUT2D eigenvalue weighted by atomic mass is 16.3. The molecule has 1 heteroatoms. The molecule has 1 nitrogen and oxygen atoms in total. The molecule has 0 bridgehead atoms. The Hall–Kier alpha value is -0.0400. The second-order valence-corrected chi connectivity index (χ2v) is 7.40. The van der Waals surface area contributed by atoms with E-state index in [9.17, 15) is 5.11 Å². The lowest BCUT2D eigenvalue weighted by atomic mass is 9.56. The first kappa shape index (κ1) is 15.0. The zero-order valence-corrected chi connectivity index (χ0v) is 12.6. The molecule has 0 aromatic carbocycles. The van der Waals surface area contributed by atoms with Crippen LogP contribution in [0, 0.1) is 16.7 Å². The quantitative estimate of drug-likeness (QED) is 0.733. The van der Waals surface area contributed by atoms with Crippen molar-refractivity contribution < 1.29 is 5.11 Å². The van der Waals surface area contributed by atoms with Crippen LogP contribution in [0.3, 0.4) is 0 Å². The maximum atomic E-state index is 9.92. The summed E-state index contributed by atoms with van der Waals surface area (Å²) in [6.45, 7) is 11.8. The lowest BCUT2D eigenvalue weighted by Crippen LogP contribution is -2.40. The summed E-state index contributed by atoms with van der Waals surface area (Å²) in [6.07, 6.45) is 8.25. The smallest absolute Gasteiger partial charge is 0.0540 e. The Bertz CT molecular complexity index is 214. The number of hydrogen-bond donors (Lipinski definition) is 1. The monoisotopic (exact) mass is 240 g/mol. The summed E-state index contributed by atoms with van der Waals surface area (Å²) in [7, 11) is 0. The molecular weight excluding hydrogens is 208 g/mol. The Kier molecular flexibility index (Phi) is 5.07. The molecule has 1 aliphatic rings. The standard InChI is InChI=1S/C16H32O/c1-6-8-13(17)9-10-14-15(2,3)11-7-12-16(14,4)5/h13-14,17H,6-12H2,1-5H3/t13-/m0/s1. The average Bonchev–Trinajstić information content (AvgIpc) is 2.15. The van der Waals surface area contributed by atoms with Gasteiger partial charge in [-0.3, -0.25) is 0 Å². The molecular formula is C16H32O. The molecule has 0 unspecified atom stereocenters. The van der Waals surface area contributed by atoms with Crippen molar-refractivity contribution in [2.75, 3.05) is 0 Å². The van der Waals surface area contributed by atoms with Crippen LogP contribution in [0.25, 0.3) is 0 Å².